The van der Waals surface area contributed by atoms with Crippen LogP contribution in [0.2, 0.25) is 0 Å². The SMILES string of the molecule is [CH2-]CC(=O)OC(C)(C)C.[Zn]. The molecule has 0 aliphatic carbocycles. The number of carbonyl (C=O) groups is 1. The standard InChI is InChI=1S/C7H13O2.Zn/c1-5-6(8)9-7(2,3)4;/h1,5H2,2-4H3;/q-1;. The molecule has 0 aromatic carbocycles. The fourth-order valence-corrected chi connectivity index (χ4v) is 0.393. The van der Waals surface area contributed by atoms with Crippen LogP contribution in [0.4, 0.5) is 0 Å². The first-order chi connectivity index (χ1) is 3.95. The van der Waals surface area contributed by atoms with Gasteiger partial charge in [0.2, 0.25) is 0 Å². The van der Waals surface area contributed by atoms with Crippen LogP contribution in [0, 0.1) is 6.92 Å². The molecule has 0 saturated heterocycles. The summed E-state index contributed by atoms with van der Waals surface area (Å²) in [6.45, 7) is 8.90. The molecule has 0 spiro atoms. The van der Waals surface area contributed by atoms with Crippen molar-refractivity contribution < 1.29 is 29.0 Å². The first kappa shape index (κ1) is 12.7. The molecule has 0 heterocycles. The Hall–Kier alpha value is 0.0934. The van der Waals surface area contributed by atoms with Crippen LogP contribution in [0.1, 0.15) is 27.2 Å². The minimum absolute atomic E-state index is 0. The second-order valence-electron chi connectivity index (χ2n) is 2.84. The van der Waals surface area contributed by atoms with E-state index in [4.69, 9.17) is 4.74 Å². The van der Waals surface area contributed by atoms with Gasteiger partial charge in [-0.15, -0.1) is 0 Å². The largest absolute Gasteiger partial charge is 0.462 e. The number of rotatable bonds is 1. The molecule has 0 unspecified atom stereocenters. The van der Waals surface area contributed by atoms with E-state index in [0.29, 0.717) is 0 Å². The van der Waals surface area contributed by atoms with Gasteiger partial charge >= 0.3 is 0 Å². The summed E-state index contributed by atoms with van der Waals surface area (Å²) in [5.74, 6) is -0.248. The van der Waals surface area contributed by atoms with Crippen molar-refractivity contribution in [3.8, 4) is 0 Å². The summed E-state index contributed by atoms with van der Waals surface area (Å²) in [5.41, 5.74) is -0.366. The third-order valence-corrected chi connectivity index (χ3v) is 0.624. The smallest absolute Gasteiger partial charge is 0.275 e. The predicted octanol–water partition coefficient (Wildman–Crippen LogP) is 1.55. The minimum atomic E-state index is -0.366. The number of esters is 1. The quantitative estimate of drug-likeness (QED) is 0.360. The van der Waals surface area contributed by atoms with Gasteiger partial charge in [0.15, 0.2) is 0 Å². The molecule has 0 saturated carbocycles. The first-order valence-corrected chi connectivity index (χ1v) is 2.97. The van der Waals surface area contributed by atoms with Crippen molar-refractivity contribution in [2.75, 3.05) is 0 Å². The molecule has 0 aliphatic rings. The van der Waals surface area contributed by atoms with Crippen molar-refractivity contribution >= 4 is 5.97 Å². The molecule has 0 aliphatic heterocycles. The van der Waals surface area contributed by atoms with E-state index >= 15 is 0 Å². The number of hydrogen-bond donors (Lipinski definition) is 0. The molecule has 10 heavy (non-hydrogen) atoms. The molecule has 0 fully saturated rings. The molecule has 0 N–H and O–H groups in total. The van der Waals surface area contributed by atoms with Crippen molar-refractivity contribution in [2.45, 2.75) is 32.8 Å². The zero-order valence-electron chi connectivity index (χ0n) is 6.94. The van der Waals surface area contributed by atoms with Gasteiger partial charge in [-0.25, -0.2) is 0 Å². The maximum absolute atomic E-state index is 10.5. The van der Waals surface area contributed by atoms with Crippen molar-refractivity contribution in [1.82, 2.24) is 0 Å². The fourth-order valence-electron chi connectivity index (χ4n) is 0.393. The van der Waals surface area contributed by atoms with E-state index in [2.05, 4.69) is 6.92 Å². The van der Waals surface area contributed by atoms with Crippen LogP contribution in [0.5, 0.6) is 0 Å². The zero-order chi connectivity index (χ0) is 7.49. The van der Waals surface area contributed by atoms with Gasteiger partial charge in [-0.3, -0.25) is 4.79 Å². The molecular formula is C7H13O2Zn-. The Labute approximate surface area is 75.1 Å². The molecule has 56 valence electrons. The maximum Gasteiger partial charge on any atom is 0.275 e. The summed E-state index contributed by atoms with van der Waals surface area (Å²) in [4.78, 5) is 10.5. The van der Waals surface area contributed by atoms with Crippen LogP contribution in [0.15, 0.2) is 0 Å². The summed E-state index contributed by atoms with van der Waals surface area (Å²) < 4.78 is 4.89. The van der Waals surface area contributed by atoms with Gasteiger partial charge in [-0.1, -0.05) is 6.42 Å². The van der Waals surface area contributed by atoms with Crippen LogP contribution in [0.3, 0.4) is 0 Å². The predicted molar refractivity (Wildman–Crippen MR) is 35.8 cm³/mol. The average Bonchev–Trinajstić information content (AvgIpc) is 1.62. The second-order valence-corrected chi connectivity index (χ2v) is 2.84. The third-order valence-electron chi connectivity index (χ3n) is 0.624. The van der Waals surface area contributed by atoms with E-state index in [1.165, 1.54) is 0 Å². The molecule has 3 heteroatoms. The van der Waals surface area contributed by atoms with E-state index in [9.17, 15) is 4.79 Å². The van der Waals surface area contributed by atoms with Gasteiger partial charge < -0.3 is 11.7 Å². The minimum Gasteiger partial charge on any atom is -0.462 e. The van der Waals surface area contributed by atoms with Gasteiger partial charge in [-0.2, -0.15) is 0 Å². The van der Waals surface area contributed by atoms with E-state index in [-0.39, 0.29) is 37.5 Å². The third kappa shape index (κ3) is 8.09. The topological polar surface area (TPSA) is 26.3 Å². The van der Waals surface area contributed by atoms with Gasteiger partial charge in [0.05, 0.1) is 0 Å². The van der Waals surface area contributed by atoms with Gasteiger partial charge in [-0.05, 0) is 20.8 Å². The molecule has 0 radical (unpaired) electrons. The Balaban J connectivity index is 0. The number of carbonyl (C=O) groups excluding carboxylic acids is 1. The Bertz CT molecular complexity index is 105. The molecular weight excluding hydrogens is 181 g/mol. The fraction of sp³-hybridized carbons (Fsp3) is 0.714. The maximum atomic E-state index is 10.5. The van der Waals surface area contributed by atoms with E-state index < -0.39 is 0 Å². The first-order valence-electron chi connectivity index (χ1n) is 2.97. The second kappa shape index (κ2) is 4.84. The van der Waals surface area contributed by atoms with Crippen LogP contribution in [-0.2, 0) is 29.0 Å². The van der Waals surface area contributed by atoms with Gasteiger partial charge in [0, 0.05) is 19.5 Å². The Morgan fingerprint density at radius 1 is 1.50 bits per heavy atom. The number of hydrogen-bond acceptors (Lipinski definition) is 2. The van der Waals surface area contributed by atoms with Crippen molar-refractivity contribution in [2.24, 2.45) is 0 Å². The van der Waals surface area contributed by atoms with Crippen LogP contribution in [0.25, 0.3) is 0 Å². The summed E-state index contributed by atoms with van der Waals surface area (Å²) >= 11 is 0. The molecule has 0 atom stereocenters. The Morgan fingerprint density at radius 3 is 2.00 bits per heavy atom. The average molecular weight is 195 g/mol. The van der Waals surface area contributed by atoms with E-state index in [1.54, 1.807) is 0 Å². The van der Waals surface area contributed by atoms with E-state index in [0.717, 1.165) is 0 Å². The summed E-state index contributed by atoms with van der Waals surface area (Å²) in [7, 11) is 0. The van der Waals surface area contributed by atoms with Crippen molar-refractivity contribution in [3.05, 3.63) is 6.92 Å². The molecule has 2 nitrogen and oxygen atoms in total. The van der Waals surface area contributed by atoms with Crippen LogP contribution >= 0.6 is 0 Å². The monoisotopic (exact) mass is 193 g/mol. The zero-order valence-corrected chi connectivity index (χ0v) is 9.90. The van der Waals surface area contributed by atoms with Crippen LogP contribution < -0.4 is 0 Å². The summed E-state index contributed by atoms with van der Waals surface area (Å²) in [6.07, 6.45) is 0.206. The van der Waals surface area contributed by atoms with Crippen LogP contribution in [-0.4, -0.2) is 11.6 Å². The normalized spacial score (nSPS) is 10.0. The molecule has 0 aromatic heterocycles. The molecule has 0 bridgehead atoms. The molecule has 0 rings (SSSR count). The summed E-state index contributed by atoms with van der Waals surface area (Å²) in [5, 5.41) is 0. The van der Waals surface area contributed by atoms with Crippen molar-refractivity contribution in [3.63, 3.8) is 0 Å². The molecule has 0 amide bonds. The summed E-state index contributed by atoms with van der Waals surface area (Å²) in [6, 6.07) is 0. The van der Waals surface area contributed by atoms with Gasteiger partial charge in [0.1, 0.15) is 5.60 Å². The number of ether oxygens (including phenoxy) is 1. The van der Waals surface area contributed by atoms with Gasteiger partial charge in [0.25, 0.3) is 5.97 Å². The molecule has 0 aromatic rings. The van der Waals surface area contributed by atoms with E-state index in [1.807, 2.05) is 20.8 Å². The Kier molecular flexibility index (Phi) is 6.17. The Morgan fingerprint density at radius 2 is 1.90 bits per heavy atom. The van der Waals surface area contributed by atoms with Crippen molar-refractivity contribution in [1.29, 1.82) is 0 Å².